The Morgan fingerprint density at radius 1 is 1.33 bits per heavy atom. The Balaban J connectivity index is 1.97. The largest absolute Gasteiger partial charge is 0.311 e. The number of alkyl halides is 1. The monoisotopic (exact) mass is 320 g/mol. The summed E-state index contributed by atoms with van der Waals surface area (Å²) in [4.78, 5) is 13.7. The molecule has 0 aliphatic heterocycles. The summed E-state index contributed by atoms with van der Waals surface area (Å²) in [6.07, 6.45) is 2.73. The van der Waals surface area contributed by atoms with Crippen LogP contribution in [0.3, 0.4) is 0 Å². The van der Waals surface area contributed by atoms with Crippen molar-refractivity contribution in [1.82, 2.24) is 19.5 Å². The minimum atomic E-state index is -0.142. The van der Waals surface area contributed by atoms with Crippen molar-refractivity contribution in [2.45, 2.75) is 39.1 Å². The number of halogens is 1. The van der Waals surface area contributed by atoms with Crippen molar-refractivity contribution in [2.75, 3.05) is 0 Å². The van der Waals surface area contributed by atoms with Gasteiger partial charge in [0.15, 0.2) is 5.65 Å². The Morgan fingerprint density at radius 2 is 2.14 bits per heavy atom. The molecule has 0 radical (unpaired) electrons. The van der Waals surface area contributed by atoms with Gasteiger partial charge >= 0.3 is 0 Å². The van der Waals surface area contributed by atoms with E-state index in [4.69, 9.17) is 11.6 Å². The van der Waals surface area contributed by atoms with Gasteiger partial charge in [0.1, 0.15) is 11.3 Å². The zero-order chi connectivity index (χ0) is 15.0. The lowest BCUT2D eigenvalue weighted by Crippen LogP contribution is -2.07. The molecule has 21 heavy (non-hydrogen) atoms. The third-order valence-electron chi connectivity index (χ3n) is 3.37. The van der Waals surface area contributed by atoms with Crippen LogP contribution < -0.4 is 0 Å². The molecule has 0 N–H and O–H groups in total. The van der Waals surface area contributed by atoms with Crippen molar-refractivity contribution in [3.8, 4) is 0 Å². The minimum absolute atomic E-state index is 0.142. The van der Waals surface area contributed by atoms with Crippen molar-refractivity contribution in [3.05, 3.63) is 39.7 Å². The molecule has 3 heterocycles. The molecule has 0 aliphatic carbocycles. The first kappa shape index (κ1) is 14.5. The van der Waals surface area contributed by atoms with Crippen LogP contribution in [-0.2, 0) is 13.0 Å². The summed E-state index contributed by atoms with van der Waals surface area (Å²) in [6, 6.07) is 2.05. The fraction of sp³-hybridized carbons (Fsp3) is 0.400. The second-order valence-corrected chi connectivity index (χ2v) is 6.92. The van der Waals surface area contributed by atoms with Crippen LogP contribution in [0.25, 0.3) is 11.2 Å². The molecule has 0 saturated heterocycles. The number of thiazole rings is 1. The van der Waals surface area contributed by atoms with Gasteiger partial charge in [-0.1, -0.05) is 0 Å². The van der Waals surface area contributed by atoms with Gasteiger partial charge in [0, 0.05) is 24.5 Å². The van der Waals surface area contributed by atoms with Gasteiger partial charge < -0.3 is 4.57 Å². The van der Waals surface area contributed by atoms with Gasteiger partial charge in [0.25, 0.3) is 0 Å². The van der Waals surface area contributed by atoms with Gasteiger partial charge in [-0.3, -0.25) is 0 Å². The molecule has 3 aromatic heterocycles. The number of hydrogen-bond acceptors (Lipinski definition) is 4. The molecule has 1 atom stereocenters. The van der Waals surface area contributed by atoms with Crippen LogP contribution in [0.1, 0.15) is 34.4 Å². The Bertz CT molecular complexity index is 775. The highest BCUT2D eigenvalue weighted by atomic mass is 35.5. The number of aromatic nitrogens is 4. The van der Waals surface area contributed by atoms with E-state index in [0.29, 0.717) is 0 Å². The molecule has 3 aromatic rings. The summed E-state index contributed by atoms with van der Waals surface area (Å²) in [7, 11) is 0. The molecule has 110 valence electrons. The van der Waals surface area contributed by atoms with E-state index in [0.717, 1.165) is 46.2 Å². The molecular formula is C15H17ClN4S. The summed E-state index contributed by atoms with van der Waals surface area (Å²) >= 11 is 7.96. The first-order valence-corrected chi connectivity index (χ1v) is 8.24. The topological polar surface area (TPSA) is 43.6 Å². The van der Waals surface area contributed by atoms with Crippen LogP contribution in [0.2, 0.25) is 0 Å². The number of pyridine rings is 1. The van der Waals surface area contributed by atoms with Crippen molar-refractivity contribution in [1.29, 1.82) is 0 Å². The second kappa shape index (κ2) is 5.73. The second-order valence-electron chi connectivity index (χ2n) is 5.20. The normalized spacial score (nSPS) is 13.0. The Labute approximate surface area is 132 Å². The molecular weight excluding hydrogens is 304 g/mol. The first-order valence-electron chi connectivity index (χ1n) is 6.92. The molecule has 0 fully saturated rings. The third-order valence-corrected chi connectivity index (χ3v) is 4.38. The highest BCUT2D eigenvalue weighted by molar-refractivity contribution is 7.09. The lowest BCUT2D eigenvalue weighted by Gasteiger charge is -2.09. The molecule has 0 saturated carbocycles. The van der Waals surface area contributed by atoms with Gasteiger partial charge in [-0.05, 0) is 32.4 Å². The number of imidazole rings is 1. The van der Waals surface area contributed by atoms with E-state index in [1.165, 1.54) is 0 Å². The van der Waals surface area contributed by atoms with E-state index in [2.05, 4.69) is 31.0 Å². The van der Waals surface area contributed by atoms with Gasteiger partial charge in [0.2, 0.25) is 0 Å². The average molecular weight is 321 g/mol. The van der Waals surface area contributed by atoms with Gasteiger partial charge in [0.05, 0.1) is 16.1 Å². The SMILES string of the molecule is Cc1cnc2c(c1)nc(C(C)Cl)n2CCc1csc(C)n1. The van der Waals surface area contributed by atoms with Gasteiger partial charge in [-0.25, -0.2) is 15.0 Å². The maximum atomic E-state index is 6.28. The van der Waals surface area contributed by atoms with Gasteiger partial charge in [-0.2, -0.15) is 0 Å². The minimum Gasteiger partial charge on any atom is -0.311 e. The van der Waals surface area contributed by atoms with E-state index in [1.807, 2.05) is 27.0 Å². The van der Waals surface area contributed by atoms with Crippen LogP contribution in [0, 0.1) is 13.8 Å². The quantitative estimate of drug-likeness (QED) is 0.681. The summed E-state index contributed by atoms with van der Waals surface area (Å²) in [6.45, 7) is 6.78. The van der Waals surface area contributed by atoms with Crippen molar-refractivity contribution < 1.29 is 0 Å². The zero-order valence-electron chi connectivity index (χ0n) is 12.3. The molecule has 0 bridgehead atoms. The molecule has 4 nitrogen and oxygen atoms in total. The van der Waals surface area contributed by atoms with Gasteiger partial charge in [-0.15, -0.1) is 22.9 Å². The van der Waals surface area contributed by atoms with Crippen LogP contribution in [0.4, 0.5) is 0 Å². The van der Waals surface area contributed by atoms with Crippen molar-refractivity contribution in [3.63, 3.8) is 0 Å². The first-order chi connectivity index (χ1) is 10.0. The molecule has 6 heteroatoms. The Hall–Kier alpha value is -1.46. The molecule has 0 aliphatic rings. The highest BCUT2D eigenvalue weighted by Crippen LogP contribution is 2.24. The standard InChI is InChI=1S/C15H17ClN4S/c1-9-6-13-15(17-7-9)20(14(19-13)10(2)16)5-4-12-8-21-11(3)18-12/h6-8,10H,4-5H2,1-3H3. The fourth-order valence-corrected chi connectivity index (χ4v) is 3.22. The molecule has 3 rings (SSSR count). The molecule has 0 aromatic carbocycles. The van der Waals surface area contributed by atoms with Crippen LogP contribution in [0.5, 0.6) is 0 Å². The summed E-state index contributed by atoms with van der Waals surface area (Å²) < 4.78 is 2.11. The maximum absolute atomic E-state index is 6.28. The predicted octanol–water partition coefficient (Wildman–Crippen LogP) is 4.05. The smallest absolute Gasteiger partial charge is 0.160 e. The van der Waals surface area contributed by atoms with Crippen molar-refractivity contribution in [2.24, 2.45) is 0 Å². The number of fused-ring (bicyclic) bond motifs is 1. The number of rotatable bonds is 4. The number of aryl methyl sites for hydroxylation is 4. The lowest BCUT2D eigenvalue weighted by molar-refractivity contribution is 0.656. The Kier molecular flexibility index (Phi) is 3.95. The van der Waals surface area contributed by atoms with E-state index in [1.54, 1.807) is 11.3 Å². The molecule has 0 spiro atoms. The number of hydrogen-bond donors (Lipinski definition) is 0. The fourth-order valence-electron chi connectivity index (χ4n) is 2.40. The number of nitrogens with zero attached hydrogens (tertiary/aromatic N) is 4. The van der Waals surface area contributed by atoms with E-state index < -0.39 is 0 Å². The summed E-state index contributed by atoms with van der Waals surface area (Å²) in [5.41, 5.74) is 4.03. The van der Waals surface area contributed by atoms with Crippen LogP contribution >= 0.6 is 22.9 Å². The van der Waals surface area contributed by atoms with Crippen molar-refractivity contribution >= 4 is 34.1 Å². The average Bonchev–Trinajstić information content (AvgIpc) is 2.99. The van der Waals surface area contributed by atoms with Crippen LogP contribution in [-0.4, -0.2) is 19.5 Å². The molecule has 1 unspecified atom stereocenters. The third kappa shape index (κ3) is 2.94. The van der Waals surface area contributed by atoms with Crippen LogP contribution in [0.15, 0.2) is 17.6 Å². The summed E-state index contributed by atoms with van der Waals surface area (Å²) in [5.74, 6) is 0.872. The van der Waals surface area contributed by atoms with E-state index >= 15 is 0 Å². The maximum Gasteiger partial charge on any atom is 0.160 e. The van der Waals surface area contributed by atoms with E-state index in [9.17, 15) is 0 Å². The molecule has 0 amide bonds. The lowest BCUT2D eigenvalue weighted by atomic mass is 10.3. The van der Waals surface area contributed by atoms with E-state index in [-0.39, 0.29) is 5.38 Å². The summed E-state index contributed by atoms with van der Waals surface area (Å²) in [5, 5.41) is 3.06. The Morgan fingerprint density at radius 3 is 2.81 bits per heavy atom. The predicted molar refractivity (Wildman–Crippen MR) is 87.1 cm³/mol. The highest BCUT2D eigenvalue weighted by Gasteiger charge is 2.16. The zero-order valence-corrected chi connectivity index (χ0v) is 13.9.